The van der Waals surface area contributed by atoms with Crippen LogP contribution < -0.4 is 5.32 Å². The largest absolute Gasteiger partial charge is 0.348 e. The summed E-state index contributed by atoms with van der Waals surface area (Å²) in [5.74, 6) is -0.448. The summed E-state index contributed by atoms with van der Waals surface area (Å²) < 4.78 is 0.592. The topological polar surface area (TPSA) is 115 Å². The standard InChI is InChI=1S/C14H10IN3O5/c15-13-6-5-11(18(22)23)7-12(13)14(19)16-8-9-1-3-10(4-2-9)17(20)21/h1-7H,8H2,(H,16,19). The summed E-state index contributed by atoms with van der Waals surface area (Å²) in [5.41, 5.74) is 0.699. The zero-order chi connectivity index (χ0) is 17.0. The minimum absolute atomic E-state index is 0.0340. The molecule has 0 atom stereocenters. The molecule has 8 nitrogen and oxygen atoms in total. The zero-order valence-corrected chi connectivity index (χ0v) is 13.7. The molecule has 0 fully saturated rings. The van der Waals surface area contributed by atoms with E-state index in [0.717, 1.165) is 0 Å². The van der Waals surface area contributed by atoms with E-state index < -0.39 is 15.8 Å². The lowest BCUT2D eigenvalue weighted by molar-refractivity contribution is -0.385. The van der Waals surface area contributed by atoms with Crippen molar-refractivity contribution < 1.29 is 14.6 Å². The first-order chi connectivity index (χ1) is 10.9. The number of halogens is 1. The highest BCUT2D eigenvalue weighted by Gasteiger charge is 2.15. The number of nitrogens with zero attached hydrogens (tertiary/aromatic N) is 2. The molecule has 2 rings (SSSR count). The van der Waals surface area contributed by atoms with Crippen LogP contribution in [0.3, 0.4) is 0 Å². The van der Waals surface area contributed by atoms with Gasteiger partial charge in [-0.3, -0.25) is 25.0 Å². The lowest BCUT2D eigenvalue weighted by atomic mass is 10.1. The first-order valence-corrected chi connectivity index (χ1v) is 7.42. The van der Waals surface area contributed by atoms with Crippen LogP contribution >= 0.6 is 22.6 Å². The maximum Gasteiger partial charge on any atom is 0.270 e. The Morgan fingerprint density at radius 3 is 2.13 bits per heavy atom. The van der Waals surface area contributed by atoms with Gasteiger partial charge in [0.05, 0.1) is 15.4 Å². The smallest absolute Gasteiger partial charge is 0.270 e. The van der Waals surface area contributed by atoms with Crippen LogP contribution in [0.15, 0.2) is 42.5 Å². The molecule has 0 spiro atoms. The Balaban J connectivity index is 2.09. The van der Waals surface area contributed by atoms with Gasteiger partial charge in [-0.1, -0.05) is 12.1 Å². The number of carbonyl (C=O) groups excluding carboxylic acids is 1. The lowest BCUT2D eigenvalue weighted by Crippen LogP contribution is -2.23. The van der Waals surface area contributed by atoms with E-state index in [1.165, 1.54) is 42.5 Å². The molecule has 0 aliphatic rings. The fourth-order valence-electron chi connectivity index (χ4n) is 1.81. The van der Waals surface area contributed by atoms with Gasteiger partial charge < -0.3 is 5.32 Å². The van der Waals surface area contributed by atoms with Crippen LogP contribution in [0.5, 0.6) is 0 Å². The summed E-state index contributed by atoms with van der Waals surface area (Å²) in [6, 6.07) is 9.81. The van der Waals surface area contributed by atoms with Gasteiger partial charge in [0.25, 0.3) is 17.3 Å². The van der Waals surface area contributed by atoms with Crippen LogP contribution in [0.4, 0.5) is 11.4 Å². The number of rotatable bonds is 5. The van der Waals surface area contributed by atoms with E-state index in [0.29, 0.717) is 9.13 Å². The predicted octanol–water partition coefficient (Wildman–Crippen LogP) is 3.04. The highest BCUT2D eigenvalue weighted by atomic mass is 127. The highest BCUT2D eigenvalue weighted by molar-refractivity contribution is 14.1. The first kappa shape index (κ1) is 16.8. The van der Waals surface area contributed by atoms with Crippen molar-refractivity contribution in [2.75, 3.05) is 0 Å². The molecule has 1 N–H and O–H groups in total. The Kier molecular flexibility index (Phi) is 5.21. The van der Waals surface area contributed by atoms with Crippen molar-refractivity contribution in [2.45, 2.75) is 6.54 Å². The molecule has 1 amide bonds. The van der Waals surface area contributed by atoms with Crippen molar-refractivity contribution in [1.29, 1.82) is 0 Å². The molecule has 0 saturated heterocycles. The van der Waals surface area contributed by atoms with Crippen LogP contribution in [0.2, 0.25) is 0 Å². The van der Waals surface area contributed by atoms with Gasteiger partial charge in [-0.05, 0) is 34.2 Å². The number of benzene rings is 2. The van der Waals surface area contributed by atoms with Gasteiger partial charge >= 0.3 is 0 Å². The van der Waals surface area contributed by atoms with E-state index in [4.69, 9.17) is 0 Å². The van der Waals surface area contributed by atoms with Crippen LogP contribution in [0.1, 0.15) is 15.9 Å². The lowest BCUT2D eigenvalue weighted by Gasteiger charge is -2.07. The predicted molar refractivity (Wildman–Crippen MR) is 90.1 cm³/mol. The summed E-state index contributed by atoms with van der Waals surface area (Å²) in [6.07, 6.45) is 0. The number of nitro groups is 2. The minimum Gasteiger partial charge on any atom is -0.348 e. The fraction of sp³-hybridized carbons (Fsp3) is 0.0714. The second-order valence-electron chi connectivity index (χ2n) is 4.53. The van der Waals surface area contributed by atoms with Gasteiger partial charge in [-0.2, -0.15) is 0 Å². The molecule has 9 heteroatoms. The third kappa shape index (κ3) is 4.22. The number of hydrogen-bond donors (Lipinski definition) is 1. The molecular formula is C14H10IN3O5. The van der Waals surface area contributed by atoms with E-state index in [1.807, 2.05) is 22.6 Å². The highest BCUT2D eigenvalue weighted by Crippen LogP contribution is 2.19. The van der Waals surface area contributed by atoms with Gasteiger partial charge in [0, 0.05) is 34.4 Å². The monoisotopic (exact) mass is 427 g/mol. The molecule has 0 radical (unpaired) electrons. The third-order valence-corrected chi connectivity index (χ3v) is 3.95. The van der Waals surface area contributed by atoms with Crippen molar-refractivity contribution >= 4 is 39.9 Å². The van der Waals surface area contributed by atoms with Crippen molar-refractivity contribution in [3.63, 3.8) is 0 Å². The quantitative estimate of drug-likeness (QED) is 0.448. The third-order valence-electron chi connectivity index (χ3n) is 3.01. The molecule has 2 aromatic rings. The van der Waals surface area contributed by atoms with Crippen LogP contribution in [0, 0.1) is 23.8 Å². The maximum atomic E-state index is 12.1. The van der Waals surface area contributed by atoms with Crippen molar-refractivity contribution in [2.24, 2.45) is 0 Å². The van der Waals surface area contributed by atoms with Crippen LogP contribution in [-0.4, -0.2) is 15.8 Å². The maximum absolute atomic E-state index is 12.1. The minimum atomic E-state index is -0.566. The Labute approximate surface area is 143 Å². The number of nitrogens with one attached hydrogen (secondary N) is 1. The molecule has 0 unspecified atom stereocenters. The Hall–Kier alpha value is -2.56. The molecule has 0 heterocycles. The summed E-state index contributed by atoms with van der Waals surface area (Å²) in [7, 11) is 0. The van der Waals surface area contributed by atoms with Gasteiger partial charge in [0.2, 0.25) is 0 Å². The van der Waals surface area contributed by atoms with E-state index in [-0.39, 0.29) is 23.5 Å². The normalized spacial score (nSPS) is 10.1. The van der Waals surface area contributed by atoms with Gasteiger partial charge in [-0.15, -0.1) is 0 Å². The van der Waals surface area contributed by atoms with E-state index in [1.54, 1.807) is 0 Å². The Morgan fingerprint density at radius 1 is 1.00 bits per heavy atom. The SMILES string of the molecule is O=C(NCc1ccc([N+](=O)[O-])cc1)c1cc([N+](=O)[O-])ccc1I. The number of non-ortho nitro benzene ring substituents is 2. The summed E-state index contributed by atoms with van der Waals surface area (Å²) in [5, 5.41) is 24.0. The van der Waals surface area contributed by atoms with Crippen LogP contribution in [0.25, 0.3) is 0 Å². The molecule has 0 saturated carbocycles. The molecular weight excluding hydrogens is 417 g/mol. The molecule has 23 heavy (non-hydrogen) atoms. The second-order valence-corrected chi connectivity index (χ2v) is 5.69. The second kappa shape index (κ2) is 7.13. The summed E-state index contributed by atoms with van der Waals surface area (Å²) >= 11 is 1.92. The average Bonchev–Trinajstić information content (AvgIpc) is 2.53. The zero-order valence-electron chi connectivity index (χ0n) is 11.6. The molecule has 118 valence electrons. The first-order valence-electron chi connectivity index (χ1n) is 6.34. The van der Waals surface area contributed by atoms with E-state index in [9.17, 15) is 25.0 Å². The summed E-state index contributed by atoms with van der Waals surface area (Å²) in [6.45, 7) is 0.162. The van der Waals surface area contributed by atoms with Crippen molar-refractivity contribution in [3.05, 3.63) is 77.4 Å². The van der Waals surface area contributed by atoms with Gasteiger partial charge in [-0.25, -0.2) is 0 Å². The molecule has 0 aliphatic carbocycles. The van der Waals surface area contributed by atoms with Gasteiger partial charge in [0.15, 0.2) is 0 Å². The fourth-order valence-corrected chi connectivity index (χ4v) is 2.39. The Morgan fingerprint density at radius 2 is 1.57 bits per heavy atom. The van der Waals surface area contributed by atoms with E-state index in [2.05, 4.69) is 5.32 Å². The summed E-state index contributed by atoms with van der Waals surface area (Å²) in [4.78, 5) is 32.4. The number of nitro benzene ring substituents is 2. The number of carbonyl (C=O) groups is 1. The van der Waals surface area contributed by atoms with E-state index >= 15 is 0 Å². The molecule has 2 aromatic carbocycles. The molecule has 0 aromatic heterocycles. The molecule has 0 bridgehead atoms. The number of amides is 1. The van der Waals surface area contributed by atoms with Crippen molar-refractivity contribution in [3.8, 4) is 0 Å². The average molecular weight is 427 g/mol. The van der Waals surface area contributed by atoms with Crippen LogP contribution in [-0.2, 0) is 6.54 Å². The Bertz CT molecular complexity index is 776. The van der Waals surface area contributed by atoms with Gasteiger partial charge in [0.1, 0.15) is 0 Å². The number of hydrogen-bond acceptors (Lipinski definition) is 5. The van der Waals surface area contributed by atoms with Crippen molar-refractivity contribution in [1.82, 2.24) is 5.32 Å². The molecule has 0 aliphatic heterocycles.